The van der Waals surface area contributed by atoms with Gasteiger partial charge in [0.15, 0.2) is 5.69 Å². The van der Waals surface area contributed by atoms with Crippen molar-refractivity contribution in [1.82, 2.24) is 19.8 Å². The maximum Gasteiger partial charge on any atom is 0.296 e. The van der Waals surface area contributed by atoms with Crippen LogP contribution in [0.25, 0.3) is 0 Å². The molecule has 3 rings (SSSR count). The second kappa shape index (κ2) is 10.7. The van der Waals surface area contributed by atoms with Crippen LogP contribution in [0.2, 0.25) is 0 Å². The van der Waals surface area contributed by atoms with E-state index in [1.165, 1.54) is 16.7 Å². The van der Waals surface area contributed by atoms with E-state index in [1.807, 2.05) is 32.7 Å². The molecule has 168 valence electrons. The van der Waals surface area contributed by atoms with Gasteiger partial charge in [0.1, 0.15) is 11.6 Å². The Morgan fingerprint density at radius 3 is 2.61 bits per heavy atom. The number of hydrogen-bond donors (Lipinski definition) is 2. The number of rotatable bonds is 6. The van der Waals surface area contributed by atoms with Crippen molar-refractivity contribution in [3.63, 3.8) is 0 Å². The van der Waals surface area contributed by atoms with Crippen LogP contribution in [0.15, 0.2) is 41.3 Å². The van der Waals surface area contributed by atoms with E-state index >= 15 is 0 Å². The average molecular weight is 431 g/mol. The third kappa shape index (κ3) is 5.31. The van der Waals surface area contributed by atoms with Crippen LogP contribution in [0.5, 0.6) is 5.75 Å². The summed E-state index contributed by atoms with van der Waals surface area (Å²) in [6.45, 7) is 10.6. The van der Waals surface area contributed by atoms with Gasteiger partial charge in [-0.2, -0.15) is 0 Å². The van der Waals surface area contributed by atoms with Crippen LogP contribution in [0, 0.1) is 5.82 Å². The highest BCUT2D eigenvalue weighted by molar-refractivity contribution is 5.94. The summed E-state index contributed by atoms with van der Waals surface area (Å²) in [7, 11) is 1.89. The molecule has 0 saturated carbocycles. The monoisotopic (exact) mass is 430 g/mol. The van der Waals surface area contributed by atoms with Crippen LogP contribution >= 0.6 is 0 Å². The summed E-state index contributed by atoms with van der Waals surface area (Å²) in [5.41, 5.74) is 0.659. The third-order valence-electron chi connectivity index (χ3n) is 5.29. The number of carbonyl (C=O) groups excluding carboxylic acids is 1. The van der Waals surface area contributed by atoms with Gasteiger partial charge < -0.3 is 15.3 Å². The first-order chi connectivity index (χ1) is 14.8. The molecule has 0 saturated heterocycles. The Kier molecular flexibility index (Phi) is 8.36. The van der Waals surface area contributed by atoms with Gasteiger partial charge in [0, 0.05) is 25.8 Å². The Bertz CT molecular complexity index is 986. The molecule has 1 amide bonds. The second-order valence-corrected chi connectivity index (χ2v) is 7.12. The Hall–Kier alpha value is -3.16. The molecule has 0 radical (unpaired) electrons. The lowest BCUT2D eigenvalue weighted by atomic mass is 10.0. The summed E-state index contributed by atoms with van der Waals surface area (Å²) in [5, 5.41) is 12.9. The Morgan fingerprint density at radius 2 is 2.00 bits per heavy atom. The Morgan fingerprint density at radius 1 is 1.35 bits per heavy atom. The number of nitrogens with zero attached hydrogens (tertiary/aromatic N) is 3. The summed E-state index contributed by atoms with van der Waals surface area (Å²) < 4.78 is 14.4. The first-order valence-corrected chi connectivity index (χ1v) is 10.6. The van der Waals surface area contributed by atoms with Crippen molar-refractivity contribution in [2.45, 2.75) is 59.2 Å². The quantitative estimate of drug-likeness (QED) is 0.729. The SMILES string of the molecule is C=C(CC)N(C)C1CCCn2c1nc(C(=O)NCc1ccc(F)cc1)c(O)c2=O.CC. The predicted molar refractivity (Wildman–Crippen MR) is 118 cm³/mol. The molecule has 0 bridgehead atoms. The van der Waals surface area contributed by atoms with Crippen molar-refractivity contribution >= 4 is 5.91 Å². The molecular formula is C23H31FN4O3. The summed E-state index contributed by atoms with van der Waals surface area (Å²) in [6, 6.07) is 5.48. The van der Waals surface area contributed by atoms with E-state index < -0.39 is 17.2 Å². The molecule has 1 unspecified atom stereocenters. The molecule has 31 heavy (non-hydrogen) atoms. The van der Waals surface area contributed by atoms with Crippen LogP contribution in [0.4, 0.5) is 4.39 Å². The summed E-state index contributed by atoms with van der Waals surface area (Å²) >= 11 is 0. The molecule has 2 heterocycles. The van der Waals surface area contributed by atoms with E-state index in [1.54, 1.807) is 12.1 Å². The number of allylic oxidation sites excluding steroid dienone is 1. The highest BCUT2D eigenvalue weighted by Gasteiger charge is 2.30. The zero-order chi connectivity index (χ0) is 23.1. The van der Waals surface area contributed by atoms with Crippen LogP contribution in [0.3, 0.4) is 0 Å². The highest BCUT2D eigenvalue weighted by Crippen LogP contribution is 2.31. The van der Waals surface area contributed by atoms with Crippen molar-refractivity contribution in [1.29, 1.82) is 0 Å². The van der Waals surface area contributed by atoms with Gasteiger partial charge in [-0.1, -0.05) is 39.5 Å². The van der Waals surface area contributed by atoms with Crippen molar-refractivity contribution in [2.24, 2.45) is 0 Å². The fourth-order valence-electron chi connectivity index (χ4n) is 3.47. The molecule has 2 aromatic rings. The minimum absolute atomic E-state index is 0.120. The zero-order valence-corrected chi connectivity index (χ0v) is 18.6. The zero-order valence-electron chi connectivity index (χ0n) is 18.6. The first kappa shape index (κ1) is 24.1. The highest BCUT2D eigenvalue weighted by atomic mass is 19.1. The number of amides is 1. The average Bonchev–Trinajstić information content (AvgIpc) is 2.80. The standard InChI is InChI=1S/C21H25FN4O3.C2H6/c1-4-13(2)25(3)16-6-5-11-26-19(16)24-17(18(27)21(26)29)20(28)23-12-14-7-9-15(22)10-8-14;1-2/h7-10,16,27H,2,4-6,11-12H2,1,3H3,(H,23,28);1-2H3. The number of hydrogen-bond acceptors (Lipinski definition) is 5. The lowest BCUT2D eigenvalue weighted by Crippen LogP contribution is -2.38. The number of aromatic nitrogens is 2. The lowest BCUT2D eigenvalue weighted by Gasteiger charge is -2.35. The molecule has 1 aliphatic rings. The molecule has 0 spiro atoms. The van der Waals surface area contributed by atoms with Crippen molar-refractivity contribution in [3.05, 3.63) is 69.8 Å². The molecule has 1 atom stereocenters. The number of benzene rings is 1. The molecule has 1 aromatic carbocycles. The largest absolute Gasteiger partial charge is 0.501 e. The minimum Gasteiger partial charge on any atom is -0.501 e. The lowest BCUT2D eigenvalue weighted by molar-refractivity contribution is 0.0940. The van der Waals surface area contributed by atoms with Gasteiger partial charge in [0.2, 0.25) is 5.75 Å². The number of carbonyl (C=O) groups is 1. The van der Waals surface area contributed by atoms with Gasteiger partial charge in [0.25, 0.3) is 11.5 Å². The molecule has 2 N–H and O–H groups in total. The van der Waals surface area contributed by atoms with Crippen molar-refractivity contribution < 1.29 is 14.3 Å². The van der Waals surface area contributed by atoms with Crippen molar-refractivity contribution in [2.75, 3.05) is 7.05 Å². The fraction of sp³-hybridized carbons (Fsp3) is 0.435. The van der Waals surface area contributed by atoms with Gasteiger partial charge >= 0.3 is 0 Å². The Labute approximate surface area is 182 Å². The maximum atomic E-state index is 13.0. The predicted octanol–water partition coefficient (Wildman–Crippen LogP) is 3.73. The van der Waals surface area contributed by atoms with Gasteiger partial charge in [-0.05, 0) is 37.0 Å². The van der Waals surface area contributed by atoms with Crippen LogP contribution in [0.1, 0.15) is 68.0 Å². The second-order valence-electron chi connectivity index (χ2n) is 7.12. The maximum absolute atomic E-state index is 13.0. The normalized spacial score (nSPS) is 14.7. The molecular weight excluding hydrogens is 399 g/mol. The number of aromatic hydroxyl groups is 1. The smallest absolute Gasteiger partial charge is 0.296 e. The van der Waals surface area contributed by atoms with Crippen LogP contribution in [-0.4, -0.2) is 32.5 Å². The topological polar surface area (TPSA) is 87.5 Å². The summed E-state index contributed by atoms with van der Waals surface area (Å²) in [6.07, 6.45) is 2.28. The van der Waals surface area contributed by atoms with Crippen LogP contribution in [-0.2, 0) is 13.1 Å². The van der Waals surface area contributed by atoms with E-state index in [2.05, 4.69) is 16.9 Å². The molecule has 1 aromatic heterocycles. The molecule has 7 nitrogen and oxygen atoms in total. The van der Waals surface area contributed by atoms with E-state index in [9.17, 15) is 19.1 Å². The minimum atomic E-state index is -0.664. The molecule has 1 aliphatic heterocycles. The van der Waals surface area contributed by atoms with E-state index in [0.717, 1.165) is 25.0 Å². The third-order valence-corrected chi connectivity index (χ3v) is 5.29. The van der Waals surface area contributed by atoms with Gasteiger partial charge in [0.05, 0.1) is 6.04 Å². The summed E-state index contributed by atoms with van der Waals surface area (Å²) in [4.78, 5) is 31.6. The fourth-order valence-corrected chi connectivity index (χ4v) is 3.47. The van der Waals surface area contributed by atoms with Gasteiger partial charge in [-0.15, -0.1) is 0 Å². The van der Waals surface area contributed by atoms with E-state index in [4.69, 9.17) is 0 Å². The van der Waals surface area contributed by atoms with Crippen LogP contribution < -0.4 is 10.9 Å². The van der Waals surface area contributed by atoms with E-state index in [-0.39, 0.29) is 24.1 Å². The molecule has 0 fully saturated rings. The molecule has 0 aliphatic carbocycles. The Balaban J connectivity index is 0.00000166. The van der Waals surface area contributed by atoms with Crippen molar-refractivity contribution in [3.8, 4) is 5.75 Å². The first-order valence-electron chi connectivity index (χ1n) is 10.6. The van der Waals surface area contributed by atoms with E-state index in [0.29, 0.717) is 17.9 Å². The number of fused-ring (bicyclic) bond motifs is 1. The van der Waals surface area contributed by atoms with Gasteiger partial charge in [-0.25, -0.2) is 9.37 Å². The number of halogens is 1. The van der Waals surface area contributed by atoms with Gasteiger partial charge in [-0.3, -0.25) is 14.2 Å². The summed E-state index contributed by atoms with van der Waals surface area (Å²) in [5.74, 6) is -1.24. The molecule has 8 heteroatoms. The number of nitrogens with one attached hydrogen (secondary N) is 1.